The van der Waals surface area contributed by atoms with Gasteiger partial charge in [-0.3, -0.25) is 10.1 Å². The van der Waals surface area contributed by atoms with E-state index < -0.39 is 10.0 Å². The van der Waals surface area contributed by atoms with E-state index in [1.807, 2.05) is 43.3 Å². The number of anilines is 1. The Morgan fingerprint density at radius 1 is 1.07 bits per heavy atom. The van der Waals surface area contributed by atoms with Crippen molar-refractivity contribution >= 4 is 32.4 Å². The van der Waals surface area contributed by atoms with Gasteiger partial charge in [-0.25, -0.2) is 8.42 Å². The molecule has 1 aliphatic heterocycles. The molecule has 0 saturated heterocycles. The molecule has 0 aliphatic carbocycles. The average molecular weight is 415 g/mol. The minimum atomic E-state index is -3.76. The van der Waals surface area contributed by atoms with Crippen LogP contribution in [-0.4, -0.2) is 35.4 Å². The molecule has 0 fully saturated rings. The Labute approximate surface area is 167 Å². The molecule has 0 bridgehead atoms. The van der Waals surface area contributed by atoms with Crippen LogP contribution in [0.25, 0.3) is 0 Å². The first-order chi connectivity index (χ1) is 13.4. The van der Waals surface area contributed by atoms with Crippen LogP contribution in [0.15, 0.2) is 52.9 Å². The van der Waals surface area contributed by atoms with E-state index in [0.29, 0.717) is 25.1 Å². The number of carbonyl (C=O) groups is 1. The number of nitrogens with zero attached hydrogens (tertiary/aromatic N) is 3. The largest absolute Gasteiger partial charge is 0.296 e. The number of benzene rings is 2. The molecule has 2 heterocycles. The first-order valence-corrected chi connectivity index (χ1v) is 11.0. The highest BCUT2D eigenvalue weighted by Crippen LogP contribution is 2.28. The first kappa shape index (κ1) is 18.7. The van der Waals surface area contributed by atoms with Crippen LogP contribution in [0.2, 0.25) is 0 Å². The molecule has 1 N–H and O–H groups in total. The van der Waals surface area contributed by atoms with Gasteiger partial charge in [-0.05, 0) is 36.6 Å². The molecule has 1 aliphatic rings. The lowest BCUT2D eigenvalue weighted by atomic mass is 10.0. The number of carbonyl (C=O) groups excluding carboxylic acids is 1. The molecule has 144 valence electrons. The van der Waals surface area contributed by atoms with Crippen LogP contribution in [0.4, 0.5) is 5.13 Å². The summed E-state index contributed by atoms with van der Waals surface area (Å²) < 4.78 is 27.1. The van der Waals surface area contributed by atoms with Crippen molar-refractivity contribution in [3.63, 3.8) is 0 Å². The van der Waals surface area contributed by atoms with E-state index in [9.17, 15) is 13.2 Å². The average Bonchev–Trinajstić information content (AvgIpc) is 3.17. The molecule has 4 rings (SSSR count). The van der Waals surface area contributed by atoms with Gasteiger partial charge in [0, 0.05) is 18.7 Å². The van der Waals surface area contributed by atoms with Crippen LogP contribution in [-0.2, 0) is 23.0 Å². The Bertz CT molecular complexity index is 1120. The summed E-state index contributed by atoms with van der Waals surface area (Å²) in [5.74, 6) is -0.355. The van der Waals surface area contributed by atoms with Gasteiger partial charge < -0.3 is 0 Å². The van der Waals surface area contributed by atoms with Crippen LogP contribution < -0.4 is 5.32 Å². The molecule has 0 spiro atoms. The second kappa shape index (κ2) is 7.42. The van der Waals surface area contributed by atoms with Gasteiger partial charge in [0.05, 0.1) is 0 Å². The standard InChI is InChI=1S/C19H18N4O3S2/c1-13-6-8-15(9-7-13)17(24)20-18-21-22-19(27-18)28(25,26)23-11-10-14-4-2-3-5-16(14)12-23/h2-9H,10-12H2,1H3,(H,20,21,24). The van der Waals surface area contributed by atoms with Gasteiger partial charge in [-0.15, -0.1) is 10.2 Å². The number of amides is 1. The van der Waals surface area contributed by atoms with E-state index >= 15 is 0 Å². The maximum atomic E-state index is 12.9. The Balaban J connectivity index is 1.50. The van der Waals surface area contributed by atoms with Crippen molar-refractivity contribution in [1.29, 1.82) is 0 Å². The summed E-state index contributed by atoms with van der Waals surface area (Å²) >= 11 is 0.857. The quantitative estimate of drug-likeness (QED) is 0.663. The SMILES string of the molecule is Cc1ccc(C(=O)Nc2nnc(S(=O)(=O)N3CCc4ccccc4C3)s2)cc1. The monoisotopic (exact) mass is 414 g/mol. The van der Waals surface area contributed by atoms with Crippen molar-refractivity contribution in [2.45, 2.75) is 24.2 Å². The topological polar surface area (TPSA) is 92.3 Å². The Morgan fingerprint density at radius 2 is 1.79 bits per heavy atom. The van der Waals surface area contributed by atoms with Gasteiger partial charge in [0.2, 0.25) is 9.47 Å². The van der Waals surface area contributed by atoms with E-state index in [1.54, 1.807) is 12.1 Å². The van der Waals surface area contributed by atoms with E-state index in [-0.39, 0.29) is 15.4 Å². The lowest BCUT2D eigenvalue weighted by Gasteiger charge is -2.26. The second-order valence-electron chi connectivity index (χ2n) is 6.55. The van der Waals surface area contributed by atoms with E-state index in [2.05, 4.69) is 15.5 Å². The minimum Gasteiger partial charge on any atom is -0.296 e. The fraction of sp³-hybridized carbons (Fsp3) is 0.211. The van der Waals surface area contributed by atoms with Gasteiger partial charge in [0.15, 0.2) is 0 Å². The highest BCUT2D eigenvalue weighted by atomic mass is 32.2. The summed E-state index contributed by atoms with van der Waals surface area (Å²) in [6, 6.07) is 14.9. The highest BCUT2D eigenvalue weighted by molar-refractivity contribution is 7.91. The van der Waals surface area contributed by atoms with Crippen molar-refractivity contribution in [3.05, 3.63) is 70.8 Å². The van der Waals surface area contributed by atoms with Gasteiger partial charge >= 0.3 is 0 Å². The molecule has 3 aromatic rings. The van der Waals surface area contributed by atoms with E-state index in [1.165, 1.54) is 4.31 Å². The Hall–Kier alpha value is -2.62. The van der Waals surface area contributed by atoms with Gasteiger partial charge in [-0.2, -0.15) is 4.31 Å². The normalized spacial score (nSPS) is 14.5. The van der Waals surface area contributed by atoms with Crippen LogP contribution in [0.5, 0.6) is 0 Å². The van der Waals surface area contributed by atoms with Crippen molar-refractivity contribution in [2.75, 3.05) is 11.9 Å². The predicted octanol–water partition coefficient (Wildman–Crippen LogP) is 2.85. The maximum Gasteiger partial charge on any atom is 0.272 e. The number of fused-ring (bicyclic) bond motifs is 1. The lowest BCUT2D eigenvalue weighted by Crippen LogP contribution is -2.35. The molecule has 0 radical (unpaired) electrons. The third kappa shape index (κ3) is 3.68. The summed E-state index contributed by atoms with van der Waals surface area (Å²) in [4.78, 5) is 12.3. The third-order valence-electron chi connectivity index (χ3n) is 4.60. The molecule has 1 aromatic heterocycles. The fourth-order valence-corrected chi connectivity index (χ4v) is 5.48. The summed E-state index contributed by atoms with van der Waals surface area (Å²) in [5.41, 5.74) is 3.67. The molecule has 2 aromatic carbocycles. The van der Waals surface area contributed by atoms with Crippen molar-refractivity contribution in [3.8, 4) is 0 Å². The number of aryl methyl sites for hydroxylation is 1. The predicted molar refractivity (Wildman–Crippen MR) is 107 cm³/mol. The molecule has 9 heteroatoms. The molecule has 1 amide bonds. The fourth-order valence-electron chi connectivity index (χ4n) is 3.02. The number of sulfonamides is 1. The highest BCUT2D eigenvalue weighted by Gasteiger charge is 2.31. The van der Waals surface area contributed by atoms with E-state index in [4.69, 9.17) is 0 Å². The molecule has 0 saturated carbocycles. The molecular weight excluding hydrogens is 396 g/mol. The van der Waals surface area contributed by atoms with Gasteiger partial charge in [-0.1, -0.05) is 53.3 Å². The number of aromatic nitrogens is 2. The zero-order valence-electron chi connectivity index (χ0n) is 15.1. The van der Waals surface area contributed by atoms with Crippen LogP contribution in [0.1, 0.15) is 27.0 Å². The smallest absolute Gasteiger partial charge is 0.272 e. The number of rotatable bonds is 4. The van der Waals surface area contributed by atoms with Gasteiger partial charge in [0.1, 0.15) is 0 Å². The minimum absolute atomic E-state index is 0.119. The first-order valence-electron chi connectivity index (χ1n) is 8.72. The summed E-state index contributed by atoms with van der Waals surface area (Å²) in [6.07, 6.45) is 0.658. The van der Waals surface area contributed by atoms with Crippen LogP contribution >= 0.6 is 11.3 Å². The molecule has 28 heavy (non-hydrogen) atoms. The van der Waals surface area contributed by atoms with Crippen LogP contribution in [0, 0.1) is 6.92 Å². The molecule has 0 unspecified atom stereocenters. The third-order valence-corrected chi connectivity index (χ3v) is 7.63. The second-order valence-corrected chi connectivity index (χ2v) is 9.64. The zero-order valence-corrected chi connectivity index (χ0v) is 16.8. The van der Waals surface area contributed by atoms with Crippen LogP contribution in [0.3, 0.4) is 0 Å². The maximum absolute atomic E-state index is 12.9. The molecule has 7 nitrogen and oxygen atoms in total. The summed E-state index contributed by atoms with van der Waals surface area (Å²) in [6.45, 7) is 2.63. The van der Waals surface area contributed by atoms with Crippen molar-refractivity contribution < 1.29 is 13.2 Å². The number of nitrogens with one attached hydrogen (secondary N) is 1. The number of hydrogen-bond acceptors (Lipinski definition) is 6. The Kier molecular flexibility index (Phi) is 4.96. The van der Waals surface area contributed by atoms with Gasteiger partial charge in [0.25, 0.3) is 15.9 Å². The summed E-state index contributed by atoms with van der Waals surface area (Å²) in [5, 5.41) is 10.4. The summed E-state index contributed by atoms with van der Waals surface area (Å²) in [7, 11) is -3.76. The molecular formula is C19H18N4O3S2. The molecule has 0 atom stereocenters. The van der Waals surface area contributed by atoms with E-state index in [0.717, 1.165) is 28.0 Å². The number of hydrogen-bond donors (Lipinski definition) is 1. The Morgan fingerprint density at radius 3 is 2.54 bits per heavy atom. The van der Waals surface area contributed by atoms with Crippen molar-refractivity contribution in [2.24, 2.45) is 0 Å². The van der Waals surface area contributed by atoms with Crippen molar-refractivity contribution in [1.82, 2.24) is 14.5 Å². The zero-order chi connectivity index (χ0) is 19.7. The lowest BCUT2D eigenvalue weighted by molar-refractivity contribution is 0.102.